The summed E-state index contributed by atoms with van der Waals surface area (Å²) >= 11 is 3.33. The second-order valence-corrected chi connectivity index (χ2v) is 5.29. The Balaban J connectivity index is 2.18. The molecule has 5 nitrogen and oxygen atoms in total. The number of nitrogens with zero attached hydrogens (tertiary/aromatic N) is 1. The highest BCUT2D eigenvalue weighted by Gasteiger charge is 2.24. The number of oxime groups is 1. The Morgan fingerprint density at radius 1 is 1.56 bits per heavy atom. The maximum Gasteiger partial charge on any atom is 0.224 e. The van der Waals surface area contributed by atoms with Crippen molar-refractivity contribution in [2.45, 2.75) is 19.3 Å². The maximum absolute atomic E-state index is 11.8. The predicted molar refractivity (Wildman–Crippen MR) is 72.6 cm³/mol. The van der Waals surface area contributed by atoms with E-state index in [0.717, 1.165) is 17.3 Å². The number of carbonyl (C=O) groups excluding carboxylic acids is 1. The van der Waals surface area contributed by atoms with E-state index in [2.05, 4.69) is 26.4 Å². The molecule has 0 bridgehead atoms. The lowest BCUT2D eigenvalue weighted by molar-refractivity contribution is -0.116. The third-order valence-electron chi connectivity index (χ3n) is 2.81. The van der Waals surface area contributed by atoms with Crippen LogP contribution < -0.4 is 11.1 Å². The van der Waals surface area contributed by atoms with Crippen molar-refractivity contribution in [1.29, 1.82) is 0 Å². The van der Waals surface area contributed by atoms with Gasteiger partial charge in [-0.05, 0) is 37.0 Å². The first-order chi connectivity index (χ1) is 8.60. The predicted octanol–water partition coefficient (Wildman–Crippen LogP) is 2.28. The molecule has 1 aromatic carbocycles. The van der Waals surface area contributed by atoms with Crippen molar-refractivity contribution in [3.63, 3.8) is 0 Å². The molecule has 18 heavy (non-hydrogen) atoms. The number of hydrogen-bond donors (Lipinski definition) is 3. The summed E-state index contributed by atoms with van der Waals surface area (Å²) in [7, 11) is 0. The number of halogens is 1. The fraction of sp³-hybridized carbons (Fsp3) is 0.333. The maximum atomic E-state index is 11.8. The first kappa shape index (κ1) is 12.9. The van der Waals surface area contributed by atoms with Crippen molar-refractivity contribution in [2.75, 3.05) is 5.32 Å². The minimum Gasteiger partial charge on any atom is -0.409 e. The van der Waals surface area contributed by atoms with Gasteiger partial charge in [-0.15, -0.1) is 0 Å². The Hall–Kier alpha value is -1.56. The van der Waals surface area contributed by atoms with Crippen LogP contribution in [0.5, 0.6) is 0 Å². The van der Waals surface area contributed by atoms with Crippen LogP contribution in [-0.4, -0.2) is 17.0 Å². The normalized spacial score (nSPS) is 15.5. The SMILES string of the molecule is N/C(=N/O)c1ccc(Br)cc1NC(=O)CC1CC1. The van der Waals surface area contributed by atoms with E-state index in [1.165, 1.54) is 0 Å². The fourth-order valence-corrected chi connectivity index (χ4v) is 2.04. The van der Waals surface area contributed by atoms with Crippen molar-refractivity contribution in [3.05, 3.63) is 28.2 Å². The Bertz CT molecular complexity index is 498. The summed E-state index contributed by atoms with van der Waals surface area (Å²) in [6, 6.07) is 5.19. The third kappa shape index (κ3) is 3.22. The van der Waals surface area contributed by atoms with Gasteiger partial charge in [-0.1, -0.05) is 21.1 Å². The summed E-state index contributed by atoms with van der Waals surface area (Å²) in [6.07, 6.45) is 2.78. The molecule has 0 aromatic heterocycles. The zero-order chi connectivity index (χ0) is 13.1. The number of carbonyl (C=O) groups is 1. The highest BCUT2D eigenvalue weighted by Crippen LogP contribution is 2.32. The van der Waals surface area contributed by atoms with Gasteiger partial charge >= 0.3 is 0 Å². The summed E-state index contributed by atoms with van der Waals surface area (Å²) in [5.74, 6) is 0.455. The van der Waals surface area contributed by atoms with E-state index < -0.39 is 0 Å². The van der Waals surface area contributed by atoms with Crippen molar-refractivity contribution in [3.8, 4) is 0 Å². The standard InChI is InChI=1S/C12H14BrN3O2/c13-8-3-4-9(12(14)16-18)10(6-8)15-11(17)5-7-1-2-7/h3-4,6-7,18H,1-2,5H2,(H2,14,16)(H,15,17). The number of benzene rings is 1. The van der Waals surface area contributed by atoms with Crippen molar-refractivity contribution >= 4 is 33.4 Å². The molecular formula is C12H14BrN3O2. The number of anilines is 1. The summed E-state index contributed by atoms with van der Waals surface area (Å²) < 4.78 is 0.818. The van der Waals surface area contributed by atoms with Crippen LogP contribution in [0.2, 0.25) is 0 Å². The van der Waals surface area contributed by atoms with Gasteiger partial charge in [-0.3, -0.25) is 4.79 Å². The molecule has 0 aliphatic heterocycles. The molecule has 0 spiro atoms. The fourth-order valence-electron chi connectivity index (χ4n) is 1.68. The molecule has 1 fully saturated rings. The Labute approximate surface area is 113 Å². The highest BCUT2D eigenvalue weighted by molar-refractivity contribution is 9.10. The minimum atomic E-state index is -0.0393. The molecule has 0 radical (unpaired) electrons. The molecule has 1 saturated carbocycles. The summed E-state index contributed by atoms with van der Waals surface area (Å²) in [6.45, 7) is 0. The number of amides is 1. The zero-order valence-corrected chi connectivity index (χ0v) is 11.3. The summed E-state index contributed by atoms with van der Waals surface area (Å²) in [5.41, 5.74) is 6.62. The molecule has 4 N–H and O–H groups in total. The molecule has 96 valence electrons. The Morgan fingerprint density at radius 2 is 2.28 bits per heavy atom. The average molecular weight is 312 g/mol. The van der Waals surface area contributed by atoms with Gasteiger partial charge in [0, 0.05) is 16.5 Å². The lowest BCUT2D eigenvalue weighted by atomic mass is 10.1. The molecule has 1 aliphatic rings. The van der Waals surface area contributed by atoms with E-state index in [4.69, 9.17) is 10.9 Å². The van der Waals surface area contributed by atoms with Crippen LogP contribution in [0, 0.1) is 5.92 Å². The average Bonchev–Trinajstić information content (AvgIpc) is 3.12. The summed E-state index contributed by atoms with van der Waals surface area (Å²) in [4.78, 5) is 11.8. The van der Waals surface area contributed by atoms with E-state index in [1.807, 2.05) is 0 Å². The molecule has 1 amide bonds. The number of rotatable bonds is 4. The zero-order valence-electron chi connectivity index (χ0n) is 9.69. The van der Waals surface area contributed by atoms with Crippen LogP contribution in [0.4, 0.5) is 5.69 Å². The van der Waals surface area contributed by atoms with Crippen LogP contribution in [0.1, 0.15) is 24.8 Å². The van der Waals surface area contributed by atoms with Gasteiger partial charge in [-0.2, -0.15) is 0 Å². The first-order valence-electron chi connectivity index (χ1n) is 5.67. The number of amidine groups is 1. The highest BCUT2D eigenvalue weighted by atomic mass is 79.9. The number of nitrogens with two attached hydrogens (primary N) is 1. The van der Waals surface area contributed by atoms with Gasteiger partial charge in [-0.25, -0.2) is 0 Å². The molecule has 0 unspecified atom stereocenters. The molecule has 0 heterocycles. The lowest BCUT2D eigenvalue weighted by Crippen LogP contribution is -2.19. The number of nitrogens with one attached hydrogen (secondary N) is 1. The van der Waals surface area contributed by atoms with Crippen LogP contribution in [0.15, 0.2) is 27.8 Å². The topological polar surface area (TPSA) is 87.7 Å². The van der Waals surface area contributed by atoms with Gasteiger partial charge in [0.15, 0.2) is 5.84 Å². The van der Waals surface area contributed by atoms with E-state index >= 15 is 0 Å². The Kier molecular flexibility index (Phi) is 3.86. The van der Waals surface area contributed by atoms with Gasteiger partial charge in [0.05, 0.1) is 5.69 Å². The third-order valence-corrected chi connectivity index (χ3v) is 3.30. The van der Waals surface area contributed by atoms with E-state index in [-0.39, 0.29) is 11.7 Å². The van der Waals surface area contributed by atoms with Gasteiger partial charge in [0.1, 0.15) is 0 Å². The first-order valence-corrected chi connectivity index (χ1v) is 6.46. The van der Waals surface area contributed by atoms with Crippen LogP contribution in [0.25, 0.3) is 0 Å². The molecule has 6 heteroatoms. The van der Waals surface area contributed by atoms with Crippen LogP contribution in [-0.2, 0) is 4.79 Å². The smallest absolute Gasteiger partial charge is 0.224 e. The van der Waals surface area contributed by atoms with Gasteiger partial charge < -0.3 is 16.3 Å². The van der Waals surface area contributed by atoms with Crippen molar-refractivity contribution in [2.24, 2.45) is 16.8 Å². The quantitative estimate of drug-likeness (QED) is 0.345. The monoisotopic (exact) mass is 311 g/mol. The lowest BCUT2D eigenvalue weighted by Gasteiger charge is -2.10. The second kappa shape index (κ2) is 5.39. The molecule has 1 aliphatic carbocycles. The second-order valence-electron chi connectivity index (χ2n) is 4.37. The molecule has 2 rings (SSSR count). The number of hydrogen-bond acceptors (Lipinski definition) is 3. The molecule has 1 aromatic rings. The van der Waals surface area contributed by atoms with Gasteiger partial charge in [0.2, 0.25) is 5.91 Å². The van der Waals surface area contributed by atoms with Crippen molar-refractivity contribution < 1.29 is 10.0 Å². The van der Waals surface area contributed by atoms with Crippen LogP contribution in [0.3, 0.4) is 0 Å². The molecular weight excluding hydrogens is 298 g/mol. The van der Waals surface area contributed by atoms with E-state index in [1.54, 1.807) is 18.2 Å². The summed E-state index contributed by atoms with van der Waals surface area (Å²) in [5, 5.41) is 14.5. The Morgan fingerprint density at radius 3 is 2.89 bits per heavy atom. The largest absolute Gasteiger partial charge is 0.409 e. The van der Waals surface area contributed by atoms with E-state index in [0.29, 0.717) is 23.6 Å². The minimum absolute atomic E-state index is 0.0239. The molecule has 0 atom stereocenters. The van der Waals surface area contributed by atoms with E-state index in [9.17, 15) is 4.79 Å². The van der Waals surface area contributed by atoms with Gasteiger partial charge in [0.25, 0.3) is 0 Å². The van der Waals surface area contributed by atoms with Crippen LogP contribution >= 0.6 is 15.9 Å². The van der Waals surface area contributed by atoms with Crippen molar-refractivity contribution in [1.82, 2.24) is 0 Å². The molecule has 0 saturated heterocycles.